The van der Waals surface area contributed by atoms with Crippen LogP contribution in [0.3, 0.4) is 0 Å². The van der Waals surface area contributed by atoms with Crippen LogP contribution in [0.2, 0.25) is 0 Å². The maximum Gasteiger partial charge on any atom is 0.325 e. The third-order valence-electron chi connectivity index (χ3n) is 7.67. The molecule has 3 saturated heterocycles. The maximum atomic E-state index is 13.4. The van der Waals surface area contributed by atoms with E-state index in [0.717, 1.165) is 25.7 Å². The highest BCUT2D eigenvalue weighted by Gasteiger charge is 2.55. The summed E-state index contributed by atoms with van der Waals surface area (Å²) in [6.07, 6.45) is 7.73. The number of nitrogens with one attached hydrogen (secondary N) is 1. The summed E-state index contributed by atoms with van der Waals surface area (Å²) in [6, 6.07) is -0.604. The minimum absolute atomic E-state index is 0.0746. The van der Waals surface area contributed by atoms with Crippen LogP contribution in [0.1, 0.15) is 71.6 Å². The lowest BCUT2D eigenvalue weighted by Gasteiger charge is -2.39. The summed E-state index contributed by atoms with van der Waals surface area (Å²) in [5, 5.41) is 2.95. The third-order valence-corrected chi connectivity index (χ3v) is 7.67. The van der Waals surface area contributed by atoms with Crippen LogP contribution in [0.15, 0.2) is 0 Å². The Morgan fingerprint density at radius 2 is 1.68 bits per heavy atom. The molecule has 3 aliphatic heterocycles. The van der Waals surface area contributed by atoms with E-state index in [0.29, 0.717) is 51.4 Å². The SMILES string of the molecule is CC(C)C(=O)N1CCC2(CC1)NC(=O)N([C@@H]1CCCN(C(=O)CC3CCCC3)C1)C2=O. The van der Waals surface area contributed by atoms with Gasteiger partial charge in [0.15, 0.2) is 0 Å². The second kappa shape index (κ2) is 8.79. The molecular weight excluding hydrogens is 396 g/mol. The summed E-state index contributed by atoms with van der Waals surface area (Å²) < 4.78 is 0. The first kappa shape index (κ1) is 22.1. The van der Waals surface area contributed by atoms with Gasteiger partial charge in [-0.3, -0.25) is 19.3 Å². The van der Waals surface area contributed by atoms with Crippen LogP contribution in [0.4, 0.5) is 4.79 Å². The number of nitrogens with zero attached hydrogens (tertiary/aromatic N) is 3. The quantitative estimate of drug-likeness (QED) is 0.689. The number of likely N-dealkylation sites (tertiary alicyclic amines) is 2. The van der Waals surface area contributed by atoms with Gasteiger partial charge in [0.2, 0.25) is 11.8 Å². The van der Waals surface area contributed by atoms with Crippen molar-refractivity contribution in [2.24, 2.45) is 11.8 Å². The van der Waals surface area contributed by atoms with Crippen molar-refractivity contribution in [1.82, 2.24) is 20.0 Å². The molecule has 4 rings (SSSR count). The third kappa shape index (κ3) is 4.30. The van der Waals surface area contributed by atoms with Crippen LogP contribution in [0, 0.1) is 11.8 Å². The van der Waals surface area contributed by atoms with Gasteiger partial charge in [0.25, 0.3) is 5.91 Å². The van der Waals surface area contributed by atoms with Gasteiger partial charge in [0, 0.05) is 38.5 Å². The topological polar surface area (TPSA) is 90.0 Å². The maximum absolute atomic E-state index is 13.4. The number of carbonyl (C=O) groups is 4. The number of amides is 5. The van der Waals surface area contributed by atoms with Crippen LogP contribution in [-0.4, -0.2) is 76.2 Å². The lowest BCUT2D eigenvalue weighted by atomic mass is 9.86. The largest absolute Gasteiger partial charge is 0.342 e. The summed E-state index contributed by atoms with van der Waals surface area (Å²) in [6.45, 7) is 5.86. The number of imide groups is 1. The van der Waals surface area contributed by atoms with Crippen molar-refractivity contribution in [1.29, 1.82) is 0 Å². The molecule has 1 aliphatic carbocycles. The Bertz CT molecular complexity index is 738. The molecule has 4 aliphatic rings. The zero-order chi connectivity index (χ0) is 22.2. The molecule has 3 heterocycles. The average Bonchev–Trinajstić information content (AvgIpc) is 3.34. The second-order valence-corrected chi connectivity index (χ2v) is 10.2. The van der Waals surface area contributed by atoms with Gasteiger partial charge >= 0.3 is 6.03 Å². The molecule has 4 fully saturated rings. The number of urea groups is 1. The fourth-order valence-electron chi connectivity index (χ4n) is 5.77. The number of rotatable bonds is 4. The predicted molar refractivity (Wildman–Crippen MR) is 115 cm³/mol. The molecule has 0 radical (unpaired) electrons. The standard InChI is InChI=1S/C23H36N4O4/c1-16(2)20(29)25-12-9-23(10-13-25)21(30)27(22(31)24-23)18-8-5-11-26(15-18)19(28)14-17-6-3-4-7-17/h16-18H,3-15H2,1-2H3,(H,24,31)/t18-/m1/s1. The molecule has 1 saturated carbocycles. The normalized spacial score (nSPS) is 26.8. The van der Waals surface area contributed by atoms with Gasteiger partial charge in [0.05, 0.1) is 6.04 Å². The monoisotopic (exact) mass is 432 g/mol. The van der Waals surface area contributed by atoms with Crippen LogP contribution in [0.25, 0.3) is 0 Å². The van der Waals surface area contributed by atoms with Crippen molar-refractivity contribution in [3.8, 4) is 0 Å². The van der Waals surface area contributed by atoms with E-state index in [-0.39, 0.29) is 35.7 Å². The first-order valence-electron chi connectivity index (χ1n) is 12.0. The smallest absolute Gasteiger partial charge is 0.325 e. The molecule has 0 aromatic rings. The van der Waals surface area contributed by atoms with Crippen molar-refractivity contribution in [2.75, 3.05) is 26.2 Å². The van der Waals surface area contributed by atoms with E-state index < -0.39 is 5.54 Å². The first-order valence-corrected chi connectivity index (χ1v) is 12.0. The Morgan fingerprint density at radius 3 is 2.32 bits per heavy atom. The predicted octanol–water partition coefficient (Wildman–Crippen LogP) is 2.13. The average molecular weight is 433 g/mol. The van der Waals surface area contributed by atoms with Crippen LogP contribution >= 0.6 is 0 Å². The van der Waals surface area contributed by atoms with E-state index in [1.165, 1.54) is 17.7 Å². The van der Waals surface area contributed by atoms with Gasteiger partial charge in [-0.15, -0.1) is 0 Å². The highest BCUT2D eigenvalue weighted by molar-refractivity contribution is 6.07. The summed E-state index contributed by atoms with van der Waals surface area (Å²) >= 11 is 0. The van der Waals surface area contributed by atoms with Crippen molar-refractivity contribution in [3.63, 3.8) is 0 Å². The van der Waals surface area contributed by atoms with Crippen molar-refractivity contribution >= 4 is 23.8 Å². The van der Waals surface area contributed by atoms with E-state index in [9.17, 15) is 19.2 Å². The van der Waals surface area contributed by atoms with E-state index in [2.05, 4.69) is 5.32 Å². The molecule has 1 spiro atoms. The molecule has 0 unspecified atom stereocenters. The Labute approximate surface area is 184 Å². The second-order valence-electron chi connectivity index (χ2n) is 10.2. The minimum Gasteiger partial charge on any atom is -0.342 e. The Hall–Kier alpha value is -2.12. The molecule has 8 heteroatoms. The fourth-order valence-corrected chi connectivity index (χ4v) is 5.77. The Balaban J connectivity index is 1.38. The molecule has 1 atom stereocenters. The van der Waals surface area contributed by atoms with Crippen LogP contribution in [-0.2, 0) is 14.4 Å². The number of hydrogen-bond acceptors (Lipinski definition) is 4. The van der Waals surface area contributed by atoms with Gasteiger partial charge in [-0.1, -0.05) is 26.7 Å². The fraction of sp³-hybridized carbons (Fsp3) is 0.826. The molecule has 172 valence electrons. The molecular formula is C23H36N4O4. The number of piperidine rings is 2. The highest BCUT2D eigenvalue weighted by Crippen LogP contribution is 2.33. The van der Waals surface area contributed by atoms with Crippen molar-refractivity contribution in [2.45, 2.75) is 83.2 Å². The Morgan fingerprint density at radius 1 is 1.00 bits per heavy atom. The Kier molecular flexibility index (Phi) is 6.26. The molecule has 5 amide bonds. The van der Waals surface area contributed by atoms with E-state index >= 15 is 0 Å². The molecule has 0 aromatic heterocycles. The summed E-state index contributed by atoms with van der Waals surface area (Å²) in [5.41, 5.74) is -0.902. The molecule has 1 N–H and O–H groups in total. The van der Waals surface area contributed by atoms with Crippen LogP contribution in [0.5, 0.6) is 0 Å². The van der Waals surface area contributed by atoms with E-state index in [1.54, 1.807) is 4.90 Å². The molecule has 8 nitrogen and oxygen atoms in total. The molecule has 0 aromatic carbocycles. The number of hydrogen-bond donors (Lipinski definition) is 1. The number of carbonyl (C=O) groups excluding carboxylic acids is 4. The lowest BCUT2D eigenvalue weighted by Crippen LogP contribution is -2.57. The lowest BCUT2D eigenvalue weighted by molar-refractivity contribution is -0.142. The summed E-state index contributed by atoms with van der Waals surface area (Å²) in [5.74, 6) is 0.497. The van der Waals surface area contributed by atoms with Gasteiger partial charge in [-0.25, -0.2) is 4.79 Å². The minimum atomic E-state index is -0.902. The van der Waals surface area contributed by atoms with E-state index in [4.69, 9.17) is 0 Å². The summed E-state index contributed by atoms with van der Waals surface area (Å²) in [7, 11) is 0. The van der Waals surface area contributed by atoms with Gasteiger partial charge in [-0.05, 0) is 44.4 Å². The van der Waals surface area contributed by atoms with Crippen LogP contribution < -0.4 is 5.32 Å². The zero-order valence-electron chi connectivity index (χ0n) is 18.9. The zero-order valence-corrected chi connectivity index (χ0v) is 18.9. The molecule has 31 heavy (non-hydrogen) atoms. The first-order chi connectivity index (χ1) is 14.8. The van der Waals surface area contributed by atoms with Gasteiger partial charge in [-0.2, -0.15) is 0 Å². The molecule has 0 bridgehead atoms. The van der Waals surface area contributed by atoms with E-state index in [1.807, 2.05) is 18.7 Å². The van der Waals surface area contributed by atoms with Gasteiger partial charge < -0.3 is 15.1 Å². The van der Waals surface area contributed by atoms with Crippen molar-refractivity contribution in [3.05, 3.63) is 0 Å². The highest BCUT2D eigenvalue weighted by atomic mass is 16.2. The summed E-state index contributed by atoms with van der Waals surface area (Å²) in [4.78, 5) is 56.4. The van der Waals surface area contributed by atoms with Crippen molar-refractivity contribution < 1.29 is 19.2 Å². The van der Waals surface area contributed by atoms with Gasteiger partial charge in [0.1, 0.15) is 5.54 Å².